The van der Waals surface area contributed by atoms with Gasteiger partial charge in [-0.2, -0.15) is 0 Å². The maximum atomic E-state index is 14.0. The van der Waals surface area contributed by atoms with Crippen LogP contribution in [0.25, 0.3) is 32.9 Å². The van der Waals surface area contributed by atoms with E-state index in [9.17, 15) is 9.18 Å². The lowest BCUT2D eigenvalue weighted by Crippen LogP contribution is -2.11. The van der Waals surface area contributed by atoms with Gasteiger partial charge in [0.05, 0.1) is 11.0 Å². The molecule has 1 amide bonds. The summed E-state index contributed by atoms with van der Waals surface area (Å²) in [7, 11) is 0. The van der Waals surface area contributed by atoms with Crippen molar-refractivity contribution in [2.75, 3.05) is 0 Å². The van der Waals surface area contributed by atoms with Gasteiger partial charge in [-0.05, 0) is 65.2 Å². The number of hydrogen-bond acceptors (Lipinski definition) is 1. The smallest absolute Gasteiger partial charge is 0.249 e. The number of benzene rings is 4. The van der Waals surface area contributed by atoms with Crippen LogP contribution in [0.4, 0.5) is 4.39 Å². The zero-order valence-electron chi connectivity index (χ0n) is 16.4. The minimum Gasteiger partial charge on any atom is -0.366 e. The molecule has 0 bridgehead atoms. The molecular formula is C26H17BrFN2O. The number of carbonyl (C=O) groups excluding carboxylic acids is 1. The van der Waals surface area contributed by atoms with Crippen LogP contribution in [0.3, 0.4) is 0 Å². The van der Waals surface area contributed by atoms with E-state index in [0.717, 1.165) is 43.0 Å². The first kappa shape index (κ1) is 19.5. The molecule has 5 heteroatoms. The fraction of sp³-hybridized carbons (Fsp3) is 0.0385. The Morgan fingerprint density at radius 3 is 2.55 bits per heavy atom. The van der Waals surface area contributed by atoms with Crippen LogP contribution in [-0.2, 0) is 6.54 Å². The molecular weight excluding hydrogens is 455 g/mol. The van der Waals surface area contributed by atoms with Crippen molar-refractivity contribution in [2.24, 2.45) is 5.73 Å². The number of amides is 1. The second-order valence-corrected chi connectivity index (χ2v) is 8.25. The molecule has 5 aromatic rings. The molecule has 0 saturated carbocycles. The quantitative estimate of drug-likeness (QED) is 0.328. The summed E-state index contributed by atoms with van der Waals surface area (Å²) >= 11 is 3.53. The average Bonchev–Trinajstić information content (AvgIpc) is 3.10. The van der Waals surface area contributed by atoms with Crippen LogP contribution in [0.2, 0.25) is 0 Å². The number of rotatable bonds is 4. The van der Waals surface area contributed by atoms with Crippen LogP contribution < -0.4 is 5.73 Å². The van der Waals surface area contributed by atoms with Gasteiger partial charge >= 0.3 is 0 Å². The normalized spacial score (nSPS) is 11.3. The third kappa shape index (κ3) is 3.41. The Hall–Kier alpha value is -3.44. The number of nitrogens with zero attached hydrogens (tertiary/aromatic N) is 1. The molecule has 1 radical (unpaired) electrons. The highest BCUT2D eigenvalue weighted by Crippen LogP contribution is 2.35. The van der Waals surface area contributed by atoms with Gasteiger partial charge in [0.2, 0.25) is 5.91 Å². The van der Waals surface area contributed by atoms with Crippen molar-refractivity contribution in [3.63, 3.8) is 0 Å². The maximum absolute atomic E-state index is 14.0. The van der Waals surface area contributed by atoms with Gasteiger partial charge in [-0.1, -0.05) is 52.3 Å². The molecule has 1 aromatic heterocycles. The SMILES string of the molecule is NC(=O)c1cccc2c1c1[c]cc(-c3ccccc3)cc1n2Cc1cc(F)ccc1Br. The van der Waals surface area contributed by atoms with Crippen molar-refractivity contribution >= 4 is 43.6 Å². The lowest BCUT2D eigenvalue weighted by molar-refractivity contribution is 0.100. The second kappa shape index (κ2) is 7.67. The molecule has 0 aliphatic rings. The zero-order chi connectivity index (χ0) is 21.5. The minimum atomic E-state index is -0.489. The highest BCUT2D eigenvalue weighted by molar-refractivity contribution is 9.10. The van der Waals surface area contributed by atoms with Gasteiger partial charge in [0, 0.05) is 27.4 Å². The van der Waals surface area contributed by atoms with Gasteiger partial charge in [0.25, 0.3) is 0 Å². The van der Waals surface area contributed by atoms with Crippen molar-refractivity contribution in [2.45, 2.75) is 6.54 Å². The number of halogens is 2. The topological polar surface area (TPSA) is 48.0 Å². The summed E-state index contributed by atoms with van der Waals surface area (Å²) in [5.74, 6) is -0.787. The molecule has 0 unspecified atom stereocenters. The number of carbonyl (C=O) groups is 1. The molecule has 3 nitrogen and oxygen atoms in total. The van der Waals surface area contributed by atoms with Crippen molar-refractivity contribution in [1.82, 2.24) is 4.57 Å². The van der Waals surface area contributed by atoms with Crippen molar-refractivity contribution in [1.29, 1.82) is 0 Å². The summed E-state index contributed by atoms with van der Waals surface area (Å²) in [5, 5.41) is 1.58. The minimum absolute atomic E-state index is 0.298. The van der Waals surface area contributed by atoms with E-state index in [-0.39, 0.29) is 5.82 Å². The largest absolute Gasteiger partial charge is 0.366 e. The van der Waals surface area contributed by atoms with Crippen molar-refractivity contribution < 1.29 is 9.18 Å². The van der Waals surface area contributed by atoms with Gasteiger partial charge in [0.1, 0.15) is 5.82 Å². The van der Waals surface area contributed by atoms with Crippen LogP contribution in [-0.4, -0.2) is 10.5 Å². The molecule has 2 N–H and O–H groups in total. The highest BCUT2D eigenvalue weighted by atomic mass is 79.9. The lowest BCUT2D eigenvalue weighted by Gasteiger charge is -2.11. The van der Waals surface area contributed by atoms with Gasteiger partial charge in [-0.3, -0.25) is 4.79 Å². The monoisotopic (exact) mass is 471 g/mol. The highest BCUT2D eigenvalue weighted by Gasteiger charge is 2.18. The van der Waals surface area contributed by atoms with E-state index < -0.39 is 5.91 Å². The molecule has 4 aromatic carbocycles. The number of aromatic nitrogens is 1. The molecule has 0 aliphatic heterocycles. The molecule has 151 valence electrons. The summed E-state index contributed by atoms with van der Waals surface area (Å²) in [6, 6.07) is 27.6. The van der Waals surface area contributed by atoms with Gasteiger partial charge in [-0.15, -0.1) is 0 Å². The standard InChI is InChI=1S/C26H17BrFN2O/c27-22-12-10-19(28)13-18(22)15-30-23-8-4-7-21(26(29)31)25(23)20-11-9-17(14-24(20)30)16-5-2-1-3-6-16/h1-10,12-14H,15H2,(H2,29,31). The molecule has 0 saturated heterocycles. The van der Waals surface area contributed by atoms with E-state index >= 15 is 0 Å². The van der Waals surface area contributed by atoms with E-state index in [1.807, 2.05) is 48.5 Å². The number of hydrogen-bond donors (Lipinski definition) is 1. The Bertz CT molecular complexity index is 1460. The molecule has 31 heavy (non-hydrogen) atoms. The first-order chi connectivity index (χ1) is 15.0. The number of primary amides is 1. The van der Waals surface area contributed by atoms with Crippen LogP contribution in [0.1, 0.15) is 15.9 Å². The molecule has 0 atom stereocenters. The molecule has 5 rings (SSSR count). The number of nitrogens with two attached hydrogens (primary N) is 1. The summed E-state index contributed by atoms with van der Waals surface area (Å²) in [4.78, 5) is 12.2. The maximum Gasteiger partial charge on any atom is 0.249 e. The van der Waals surface area contributed by atoms with Gasteiger partial charge in [-0.25, -0.2) is 4.39 Å². The van der Waals surface area contributed by atoms with Crippen LogP contribution in [0.5, 0.6) is 0 Å². The third-order valence-corrected chi connectivity index (χ3v) is 6.28. The summed E-state index contributed by atoms with van der Waals surface area (Å²) < 4.78 is 16.9. The fourth-order valence-electron chi connectivity index (χ4n) is 4.06. The Balaban J connectivity index is 1.82. The van der Waals surface area contributed by atoms with Crippen molar-refractivity contribution in [3.8, 4) is 11.1 Å². The summed E-state index contributed by atoms with van der Waals surface area (Å²) in [6.45, 7) is 0.423. The van der Waals surface area contributed by atoms with E-state index in [1.165, 1.54) is 12.1 Å². The van der Waals surface area contributed by atoms with Crippen LogP contribution in [0.15, 0.2) is 83.3 Å². The summed E-state index contributed by atoms with van der Waals surface area (Å²) in [6.07, 6.45) is 0. The van der Waals surface area contributed by atoms with E-state index in [0.29, 0.717) is 12.1 Å². The summed E-state index contributed by atoms with van der Waals surface area (Å²) in [5.41, 5.74) is 10.8. The molecule has 0 fully saturated rings. The van der Waals surface area contributed by atoms with Gasteiger partial charge < -0.3 is 10.3 Å². The van der Waals surface area contributed by atoms with E-state index in [1.54, 1.807) is 12.1 Å². The Kier molecular flexibility index (Phi) is 4.83. The second-order valence-electron chi connectivity index (χ2n) is 7.40. The number of fused-ring (bicyclic) bond motifs is 3. The first-order valence-corrected chi connectivity index (χ1v) is 10.6. The van der Waals surface area contributed by atoms with Crippen LogP contribution in [0, 0.1) is 11.9 Å². The Labute approximate surface area is 187 Å². The van der Waals surface area contributed by atoms with E-state index in [4.69, 9.17) is 5.73 Å². The third-order valence-electron chi connectivity index (χ3n) is 5.50. The predicted molar refractivity (Wildman–Crippen MR) is 125 cm³/mol. The Morgan fingerprint density at radius 2 is 1.77 bits per heavy atom. The predicted octanol–water partition coefficient (Wildman–Crippen LogP) is 6.31. The fourth-order valence-corrected chi connectivity index (χ4v) is 4.44. The first-order valence-electron chi connectivity index (χ1n) is 9.79. The lowest BCUT2D eigenvalue weighted by atomic mass is 10.0. The van der Waals surface area contributed by atoms with Crippen LogP contribution >= 0.6 is 15.9 Å². The molecule has 0 spiro atoms. The van der Waals surface area contributed by atoms with Gasteiger partial charge in [0.15, 0.2) is 0 Å². The molecule has 1 heterocycles. The Morgan fingerprint density at radius 1 is 0.968 bits per heavy atom. The average molecular weight is 472 g/mol. The van der Waals surface area contributed by atoms with E-state index in [2.05, 4.69) is 32.6 Å². The van der Waals surface area contributed by atoms with Crippen molar-refractivity contribution in [3.05, 3.63) is 106 Å². The molecule has 0 aliphatic carbocycles. The zero-order valence-corrected chi connectivity index (χ0v) is 18.0.